The van der Waals surface area contributed by atoms with Crippen LogP contribution in [0.2, 0.25) is 10.0 Å². The van der Waals surface area contributed by atoms with E-state index in [1.165, 1.54) is 29.3 Å². The summed E-state index contributed by atoms with van der Waals surface area (Å²) in [7, 11) is 0. The van der Waals surface area contributed by atoms with Crippen molar-refractivity contribution in [1.29, 1.82) is 0 Å². The van der Waals surface area contributed by atoms with E-state index in [-0.39, 0.29) is 10.7 Å². The maximum absolute atomic E-state index is 14.4. The first-order valence-electron chi connectivity index (χ1n) is 10.3. The van der Waals surface area contributed by atoms with Crippen molar-refractivity contribution in [1.82, 2.24) is 10.4 Å². The van der Waals surface area contributed by atoms with Crippen molar-refractivity contribution >= 4 is 40.5 Å². The summed E-state index contributed by atoms with van der Waals surface area (Å²) in [5, 5.41) is 7.65. The Balaban J connectivity index is 1.78. The molecule has 2 heterocycles. The first-order valence-corrected chi connectivity index (χ1v) is 11.0. The number of rotatable bonds is 4. The van der Waals surface area contributed by atoms with Gasteiger partial charge in [0.05, 0.1) is 16.8 Å². The number of para-hydroxylation sites is 1. The van der Waals surface area contributed by atoms with Gasteiger partial charge in [-0.3, -0.25) is 15.2 Å². The summed E-state index contributed by atoms with van der Waals surface area (Å²) in [5.41, 5.74) is 2.62. The fraction of sp³-hybridized carbons (Fsp3) is 0.364. The van der Waals surface area contributed by atoms with Crippen molar-refractivity contribution in [2.75, 3.05) is 18.1 Å². The SMILES string of the molecule is O=C(NN1CCCCC1)C1=NN(c2ccccc2Cl)[C@@H](c2ccc(Cl)cc2)[C@H]1C(F)(F)F. The molecule has 0 aliphatic carbocycles. The van der Waals surface area contributed by atoms with Gasteiger partial charge in [0.15, 0.2) is 0 Å². The molecule has 32 heavy (non-hydrogen) atoms. The molecule has 1 fully saturated rings. The Hall–Kier alpha value is -2.29. The standard InChI is InChI=1S/C22H21Cl2F3N4O/c23-15-10-8-14(9-11-15)20-18(22(25,26)27)19(21(32)29-30-12-4-1-5-13-30)28-31(20)17-7-3-2-6-16(17)24/h2-3,6-11,18,20H,1,4-5,12-13H2,(H,29,32)/t18-,20-/m0/s1. The van der Waals surface area contributed by atoms with Crippen LogP contribution in [0.25, 0.3) is 0 Å². The average molecular weight is 485 g/mol. The van der Waals surface area contributed by atoms with E-state index in [0.717, 1.165) is 19.3 Å². The van der Waals surface area contributed by atoms with Crippen LogP contribution in [0, 0.1) is 5.92 Å². The number of anilines is 1. The van der Waals surface area contributed by atoms with E-state index in [2.05, 4.69) is 10.5 Å². The zero-order valence-electron chi connectivity index (χ0n) is 16.9. The van der Waals surface area contributed by atoms with Gasteiger partial charge in [-0.05, 0) is 42.7 Å². The van der Waals surface area contributed by atoms with Gasteiger partial charge in [0.2, 0.25) is 0 Å². The Morgan fingerprint density at radius 3 is 2.28 bits per heavy atom. The minimum Gasteiger partial charge on any atom is -0.284 e. The number of alkyl halides is 3. The predicted octanol–water partition coefficient (Wildman–Crippen LogP) is 5.61. The Morgan fingerprint density at radius 2 is 1.66 bits per heavy atom. The first-order chi connectivity index (χ1) is 15.3. The monoisotopic (exact) mass is 484 g/mol. The molecule has 2 aliphatic heterocycles. The molecule has 0 unspecified atom stereocenters. The lowest BCUT2D eigenvalue weighted by atomic mass is 9.88. The number of benzene rings is 2. The summed E-state index contributed by atoms with van der Waals surface area (Å²) in [6.07, 6.45) is -1.96. The lowest BCUT2D eigenvalue weighted by Gasteiger charge is -2.30. The molecule has 1 saturated heterocycles. The number of hydrogen-bond acceptors (Lipinski definition) is 4. The Kier molecular flexibility index (Phi) is 6.65. The third kappa shape index (κ3) is 4.72. The van der Waals surface area contributed by atoms with E-state index < -0.39 is 29.8 Å². The third-order valence-corrected chi connectivity index (χ3v) is 6.17. The van der Waals surface area contributed by atoms with Crippen molar-refractivity contribution < 1.29 is 18.0 Å². The number of halogens is 5. The van der Waals surface area contributed by atoms with Crippen molar-refractivity contribution in [2.24, 2.45) is 11.0 Å². The maximum Gasteiger partial charge on any atom is 0.399 e. The second-order valence-electron chi connectivity index (χ2n) is 7.79. The molecule has 2 aromatic carbocycles. The van der Waals surface area contributed by atoms with E-state index in [1.54, 1.807) is 29.3 Å². The number of hydrogen-bond donors (Lipinski definition) is 1. The number of carbonyl (C=O) groups is 1. The van der Waals surface area contributed by atoms with Gasteiger partial charge in [0, 0.05) is 18.1 Å². The number of amides is 1. The van der Waals surface area contributed by atoms with Crippen LogP contribution < -0.4 is 10.4 Å². The molecule has 2 aromatic rings. The number of hydrazine groups is 1. The largest absolute Gasteiger partial charge is 0.399 e. The van der Waals surface area contributed by atoms with Gasteiger partial charge in [0.1, 0.15) is 11.6 Å². The lowest BCUT2D eigenvalue weighted by molar-refractivity contribution is -0.160. The molecule has 1 amide bonds. The van der Waals surface area contributed by atoms with Crippen LogP contribution in [0.1, 0.15) is 30.9 Å². The highest BCUT2D eigenvalue weighted by Gasteiger charge is 2.56. The fourth-order valence-electron chi connectivity index (χ4n) is 4.09. The molecular formula is C22H21Cl2F3N4O. The van der Waals surface area contributed by atoms with E-state index in [9.17, 15) is 18.0 Å². The molecule has 2 aliphatic rings. The van der Waals surface area contributed by atoms with Crippen LogP contribution in [0.3, 0.4) is 0 Å². The van der Waals surface area contributed by atoms with Gasteiger partial charge in [-0.1, -0.05) is 53.9 Å². The highest BCUT2D eigenvalue weighted by Crippen LogP contribution is 2.48. The smallest absolute Gasteiger partial charge is 0.284 e. The molecule has 5 nitrogen and oxygen atoms in total. The molecule has 0 radical (unpaired) electrons. The zero-order chi connectivity index (χ0) is 22.9. The zero-order valence-corrected chi connectivity index (χ0v) is 18.5. The topological polar surface area (TPSA) is 47.9 Å². The number of carbonyl (C=O) groups excluding carboxylic acids is 1. The highest BCUT2D eigenvalue weighted by molar-refractivity contribution is 6.41. The maximum atomic E-state index is 14.4. The Labute approximate surface area is 193 Å². The molecular weight excluding hydrogens is 464 g/mol. The molecule has 1 N–H and O–H groups in total. The third-order valence-electron chi connectivity index (χ3n) is 5.60. The van der Waals surface area contributed by atoms with Crippen LogP contribution in [0.4, 0.5) is 18.9 Å². The number of piperidine rings is 1. The van der Waals surface area contributed by atoms with Crippen molar-refractivity contribution in [3.8, 4) is 0 Å². The summed E-state index contributed by atoms with van der Waals surface area (Å²) in [5.74, 6) is -3.01. The fourth-order valence-corrected chi connectivity index (χ4v) is 4.44. The summed E-state index contributed by atoms with van der Waals surface area (Å²) in [6, 6.07) is 11.2. The molecule has 0 bridgehead atoms. The molecule has 0 aromatic heterocycles. The number of nitrogens with zero attached hydrogens (tertiary/aromatic N) is 3. The van der Waals surface area contributed by atoms with Gasteiger partial charge < -0.3 is 0 Å². The quantitative estimate of drug-likeness (QED) is 0.613. The van der Waals surface area contributed by atoms with E-state index in [4.69, 9.17) is 23.2 Å². The van der Waals surface area contributed by atoms with Gasteiger partial charge >= 0.3 is 6.18 Å². The second kappa shape index (κ2) is 9.29. The van der Waals surface area contributed by atoms with Crippen LogP contribution in [0.15, 0.2) is 53.6 Å². The normalized spacial score (nSPS) is 22.0. The van der Waals surface area contributed by atoms with Gasteiger partial charge in [0.25, 0.3) is 5.91 Å². The van der Waals surface area contributed by atoms with Crippen LogP contribution in [0.5, 0.6) is 0 Å². The van der Waals surface area contributed by atoms with Crippen molar-refractivity contribution in [3.05, 3.63) is 64.1 Å². The average Bonchev–Trinajstić information content (AvgIpc) is 3.16. The highest BCUT2D eigenvalue weighted by atomic mass is 35.5. The van der Waals surface area contributed by atoms with E-state index in [1.807, 2.05) is 0 Å². The van der Waals surface area contributed by atoms with Crippen molar-refractivity contribution in [3.63, 3.8) is 0 Å². The van der Waals surface area contributed by atoms with Gasteiger partial charge in [-0.2, -0.15) is 18.3 Å². The molecule has 0 spiro atoms. The first kappa shape index (κ1) is 22.9. The summed E-state index contributed by atoms with van der Waals surface area (Å²) < 4.78 is 43.2. The lowest BCUT2D eigenvalue weighted by Crippen LogP contribution is -2.50. The molecule has 0 saturated carbocycles. The summed E-state index contributed by atoms with van der Waals surface area (Å²) in [6.45, 7) is 1.18. The van der Waals surface area contributed by atoms with Gasteiger partial charge in [-0.15, -0.1) is 0 Å². The summed E-state index contributed by atoms with van der Waals surface area (Å²) >= 11 is 12.3. The summed E-state index contributed by atoms with van der Waals surface area (Å²) in [4.78, 5) is 13.0. The minimum atomic E-state index is -4.72. The Bertz CT molecular complexity index is 1010. The van der Waals surface area contributed by atoms with E-state index in [0.29, 0.717) is 23.7 Å². The van der Waals surface area contributed by atoms with Crippen LogP contribution >= 0.6 is 23.2 Å². The molecule has 10 heteroatoms. The number of nitrogens with one attached hydrogen (secondary N) is 1. The Morgan fingerprint density at radius 1 is 1.00 bits per heavy atom. The van der Waals surface area contributed by atoms with Crippen LogP contribution in [-0.4, -0.2) is 35.9 Å². The number of hydrazone groups is 1. The minimum absolute atomic E-state index is 0.230. The second-order valence-corrected chi connectivity index (χ2v) is 8.63. The van der Waals surface area contributed by atoms with Gasteiger partial charge in [-0.25, -0.2) is 5.01 Å². The molecule has 4 rings (SSSR count). The van der Waals surface area contributed by atoms with Crippen molar-refractivity contribution in [2.45, 2.75) is 31.5 Å². The van der Waals surface area contributed by atoms with E-state index >= 15 is 0 Å². The van der Waals surface area contributed by atoms with Crippen LogP contribution in [-0.2, 0) is 4.79 Å². The molecule has 170 valence electrons. The molecule has 2 atom stereocenters. The predicted molar refractivity (Wildman–Crippen MR) is 119 cm³/mol.